The molecule has 8 heteroatoms. The smallest absolute Gasteiger partial charge is 0.248 e. The molecule has 1 saturated heterocycles. The second kappa shape index (κ2) is 4.45. The lowest BCUT2D eigenvalue weighted by Crippen LogP contribution is -2.51. The summed E-state index contributed by atoms with van der Waals surface area (Å²) in [4.78, 5) is -0.993. The fourth-order valence-electron chi connectivity index (χ4n) is 1.79. The van der Waals surface area contributed by atoms with Gasteiger partial charge in [0.05, 0.1) is 0 Å². The molecule has 5 nitrogen and oxygen atoms in total. The molecule has 1 aliphatic rings. The lowest BCUT2D eigenvalue weighted by molar-refractivity contribution is 0.117. The van der Waals surface area contributed by atoms with Crippen molar-refractivity contribution in [1.29, 1.82) is 0 Å². The number of hydrogen-bond donors (Lipinski definition) is 2. The molecule has 1 fully saturated rings. The summed E-state index contributed by atoms with van der Waals surface area (Å²) in [5, 5.41) is 8.80. The normalized spacial score (nSPS) is 17.7. The summed E-state index contributed by atoms with van der Waals surface area (Å²) in [7, 11) is -4.21. The molecule has 0 unspecified atom stereocenters. The molecule has 100 valence electrons. The Kier molecular flexibility index (Phi) is 3.26. The number of hydrogen-bond acceptors (Lipinski definition) is 4. The zero-order valence-corrected chi connectivity index (χ0v) is 10.1. The Balaban J connectivity index is 2.37. The van der Waals surface area contributed by atoms with Crippen LogP contribution in [0.4, 0.5) is 14.5 Å². The molecule has 0 bridgehead atoms. The highest BCUT2D eigenvalue weighted by atomic mass is 32.2. The van der Waals surface area contributed by atoms with Crippen LogP contribution in [0.25, 0.3) is 0 Å². The van der Waals surface area contributed by atoms with Crippen LogP contribution >= 0.6 is 0 Å². The van der Waals surface area contributed by atoms with Gasteiger partial charge < -0.3 is 10.8 Å². The first-order valence-corrected chi connectivity index (χ1v) is 6.65. The van der Waals surface area contributed by atoms with Gasteiger partial charge in [0, 0.05) is 31.3 Å². The monoisotopic (exact) mass is 278 g/mol. The number of nitrogens with two attached hydrogens (primary N) is 1. The van der Waals surface area contributed by atoms with E-state index in [0.29, 0.717) is 0 Å². The van der Waals surface area contributed by atoms with Crippen molar-refractivity contribution in [3.05, 3.63) is 23.8 Å². The minimum absolute atomic E-state index is 0.0576. The van der Waals surface area contributed by atoms with Gasteiger partial charge in [0.1, 0.15) is 11.6 Å². The molecule has 0 saturated carbocycles. The van der Waals surface area contributed by atoms with Gasteiger partial charge in [-0.2, -0.15) is 4.31 Å². The van der Waals surface area contributed by atoms with Crippen molar-refractivity contribution in [1.82, 2.24) is 4.31 Å². The van der Waals surface area contributed by atoms with Crippen molar-refractivity contribution in [2.45, 2.75) is 4.90 Å². The lowest BCUT2D eigenvalue weighted by atomic mass is 10.1. The second-order valence-electron chi connectivity index (χ2n) is 4.18. The SMILES string of the molecule is Nc1cc(F)c(S(=O)(=O)N2CC(CO)C2)c(F)c1. The quantitative estimate of drug-likeness (QED) is 0.771. The molecule has 2 rings (SSSR count). The van der Waals surface area contributed by atoms with Crippen LogP contribution in [0.2, 0.25) is 0 Å². The first-order valence-electron chi connectivity index (χ1n) is 5.21. The van der Waals surface area contributed by atoms with E-state index in [1.807, 2.05) is 0 Å². The van der Waals surface area contributed by atoms with Crippen molar-refractivity contribution >= 4 is 15.7 Å². The summed E-state index contributed by atoms with van der Waals surface area (Å²) in [6.07, 6.45) is 0. The van der Waals surface area contributed by atoms with Gasteiger partial charge in [0.2, 0.25) is 10.0 Å². The summed E-state index contributed by atoms with van der Waals surface area (Å²) >= 11 is 0. The van der Waals surface area contributed by atoms with Crippen LogP contribution in [0, 0.1) is 17.6 Å². The Hall–Kier alpha value is -1.25. The Bertz CT molecular complexity index is 547. The number of aliphatic hydroxyl groups is 1. The minimum atomic E-state index is -4.21. The van der Waals surface area contributed by atoms with Gasteiger partial charge in [0.25, 0.3) is 0 Å². The fourth-order valence-corrected chi connectivity index (χ4v) is 3.47. The van der Waals surface area contributed by atoms with E-state index in [-0.39, 0.29) is 31.3 Å². The highest BCUT2D eigenvalue weighted by Crippen LogP contribution is 2.29. The van der Waals surface area contributed by atoms with Gasteiger partial charge in [-0.25, -0.2) is 17.2 Å². The fraction of sp³-hybridized carbons (Fsp3) is 0.400. The number of nitrogen functional groups attached to an aromatic ring is 1. The van der Waals surface area contributed by atoms with E-state index in [2.05, 4.69) is 0 Å². The molecule has 1 aromatic carbocycles. The Morgan fingerprint density at radius 1 is 1.33 bits per heavy atom. The average molecular weight is 278 g/mol. The van der Waals surface area contributed by atoms with E-state index in [4.69, 9.17) is 10.8 Å². The third-order valence-corrected chi connectivity index (χ3v) is 4.68. The first-order chi connectivity index (χ1) is 8.36. The van der Waals surface area contributed by atoms with Gasteiger partial charge in [0.15, 0.2) is 4.90 Å². The van der Waals surface area contributed by atoms with E-state index < -0.39 is 26.6 Å². The lowest BCUT2D eigenvalue weighted by Gasteiger charge is -2.36. The van der Waals surface area contributed by atoms with Crippen LogP contribution in [0.15, 0.2) is 17.0 Å². The number of anilines is 1. The van der Waals surface area contributed by atoms with Crippen molar-refractivity contribution < 1.29 is 22.3 Å². The number of rotatable bonds is 3. The third kappa shape index (κ3) is 2.06. The van der Waals surface area contributed by atoms with Crippen LogP contribution in [-0.4, -0.2) is 37.5 Å². The second-order valence-corrected chi connectivity index (χ2v) is 6.06. The average Bonchev–Trinajstić information content (AvgIpc) is 2.12. The van der Waals surface area contributed by atoms with E-state index in [0.717, 1.165) is 16.4 Å². The molecule has 0 radical (unpaired) electrons. The molecule has 3 N–H and O–H groups in total. The summed E-state index contributed by atoms with van der Waals surface area (Å²) < 4.78 is 51.9. The predicted molar refractivity (Wildman–Crippen MR) is 60.1 cm³/mol. The molecule has 1 heterocycles. The molecule has 18 heavy (non-hydrogen) atoms. The van der Waals surface area contributed by atoms with Crippen molar-refractivity contribution in [3.63, 3.8) is 0 Å². The van der Waals surface area contributed by atoms with Gasteiger partial charge in [-0.3, -0.25) is 0 Å². The van der Waals surface area contributed by atoms with Crippen molar-refractivity contribution in [3.8, 4) is 0 Å². The summed E-state index contributed by atoms with van der Waals surface area (Å²) in [5.41, 5.74) is 5.04. The van der Waals surface area contributed by atoms with Crippen LogP contribution in [0.5, 0.6) is 0 Å². The van der Waals surface area contributed by atoms with Crippen LogP contribution in [0.1, 0.15) is 0 Å². The van der Waals surface area contributed by atoms with Crippen molar-refractivity contribution in [2.75, 3.05) is 25.4 Å². The molecule has 1 aliphatic heterocycles. The largest absolute Gasteiger partial charge is 0.399 e. The molecule has 1 aromatic rings. The Labute approximate surface area is 103 Å². The Morgan fingerprint density at radius 3 is 2.28 bits per heavy atom. The molecular weight excluding hydrogens is 266 g/mol. The van der Waals surface area contributed by atoms with Crippen molar-refractivity contribution in [2.24, 2.45) is 5.92 Å². The number of sulfonamides is 1. The topological polar surface area (TPSA) is 83.6 Å². The highest BCUT2D eigenvalue weighted by molar-refractivity contribution is 7.89. The summed E-state index contributed by atoms with van der Waals surface area (Å²) in [5.74, 6) is -2.60. The standard InChI is InChI=1S/C10H12F2N2O3S/c11-8-1-7(13)2-9(12)10(8)18(16,17)14-3-6(4-14)5-15/h1-2,6,15H,3-5,13H2. The maximum absolute atomic E-state index is 13.5. The summed E-state index contributed by atoms with van der Waals surface area (Å²) in [6, 6.07) is 1.53. The molecule has 0 amide bonds. The van der Waals surface area contributed by atoms with Crippen LogP contribution < -0.4 is 5.73 Å². The molecule has 0 aliphatic carbocycles. The predicted octanol–water partition coefficient (Wildman–Crippen LogP) is 0.160. The molecule has 0 atom stereocenters. The van der Waals surface area contributed by atoms with E-state index in [1.165, 1.54) is 0 Å². The number of halogens is 2. The van der Waals surface area contributed by atoms with Crippen LogP contribution in [-0.2, 0) is 10.0 Å². The maximum Gasteiger partial charge on any atom is 0.248 e. The summed E-state index contributed by atoms with van der Waals surface area (Å²) in [6.45, 7) is -0.0388. The van der Waals surface area contributed by atoms with Gasteiger partial charge in [-0.1, -0.05) is 0 Å². The zero-order chi connectivity index (χ0) is 13.5. The maximum atomic E-state index is 13.5. The first kappa shape index (κ1) is 13.2. The molecule has 0 aromatic heterocycles. The van der Waals surface area contributed by atoms with Crippen LogP contribution in [0.3, 0.4) is 0 Å². The highest BCUT2D eigenvalue weighted by Gasteiger charge is 2.39. The molecule has 0 spiro atoms. The number of benzene rings is 1. The number of nitrogens with zero attached hydrogens (tertiary/aromatic N) is 1. The van der Waals surface area contributed by atoms with Gasteiger partial charge >= 0.3 is 0 Å². The van der Waals surface area contributed by atoms with E-state index in [1.54, 1.807) is 0 Å². The van der Waals surface area contributed by atoms with E-state index in [9.17, 15) is 17.2 Å². The molecular formula is C10H12F2N2O3S. The van der Waals surface area contributed by atoms with Gasteiger partial charge in [-0.15, -0.1) is 0 Å². The Morgan fingerprint density at radius 2 is 1.83 bits per heavy atom. The van der Waals surface area contributed by atoms with E-state index >= 15 is 0 Å². The zero-order valence-electron chi connectivity index (χ0n) is 9.31. The number of aliphatic hydroxyl groups excluding tert-OH is 1. The van der Waals surface area contributed by atoms with Gasteiger partial charge in [-0.05, 0) is 12.1 Å². The third-order valence-electron chi connectivity index (χ3n) is 2.80. The minimum Gasteiger partial charge on any atom is -0.399 e.